The Morgan fingerprint density at radius 3 is 2.57 bits per heavy atom. The van der Waals surface area contributed by atoms with E-state index in [9.17, 15) is 9.59 Å². The fourth-order valence-electron chi connectivity index (χ4n) is 2.51. The molecule has 1 saturated heterocycles. The van der Waals surface area contributed by atoms with Gasteiger partial charge in [0.2, 0.25) is 0 Å². The van der Waals surface area contributed by atoms with Gasteiger partial charge in [-0.2, -0.15) is 0 Å². The number of carbonyl (C=O) groups excluding carboxylic acids is 1. The van der Waals surface area contributed by atoms with Crippen molar-refractivity contribution in [1.29, 1.82) is 0 Å². The van der Waals surface area contributed by atoms with Gasteiger partial charge in [-0.1, -0.05) is 34.1 Å². The van der Waals surface area contributed by atoms with Gasteiger partial charge in [-0.05, 0) is 30.4 Å². The lowest BCUT2D eigenvalue weighted by Crippen LogP contribution is -2.44. The molecule has 0 aliphatic carbocycles. The highest BCUT2D eigenvalue weighted by molar-refractivity contribution is 9.10. The molecule has 5 nitrogen and oxygen atoms in total. The van der Waals surface area contributed by atoms with E-state index in [2.05, 4.69) is 21.2 Å². The van der Waals surface area contributed by atoms with Crippen molar-refractivity contribution in [1.82, 2.24) is 10.2 Å². The third-order valence-electron chi connectivity index (χ3n) is 3.75. The fraction of sp³-hybridized carbons (Fsp3) is 0.467. The van der Waals surface area contributed by atoms with E-state index in [4.69, 9.17) is 5.11 Å². The van der Waals surface area contributed by atoms with Crippen molar-refractivity contribution in [3.8, 4) is 0 Å². The molecule has 1 aliphatic rings. The van der Waals surface area contributed by atoms with E-state index in [0.29, 0.717) is 19.6 Å². The molecule has 6 heteroatoms. The van der Waals surface area contributed by atoms with E-state index in [1.165, 1.54) is 0 Å². The van der Waals surface area contributed by atoms with E-state index >= 15 is 0 Å². The summed E-state index contributed by atoms with van der Waals surface area (Å²) in [6, 6.07) is 7.69. The van der Waals surface area contributed by atoms with E-state index < -0.39 is 5.97 Å². The number of likely N-dealkylation sites (tertiary alicyclic amines) is 1. The normalized spacial score (nSPS) is 15.8. The summed E-state index contributed by atoms with van der Waals surface area (Å²) in [4.78, 5) is 24.5. The van der Waals surface area contributed by atoms with Gasteiger partial charge < -0.3 is 15.3 Å². The Morgan fingerprint density at radius 1 is 1.29 bits per heavy atom. The molecule has 1 aliphatic heterocycles. The van der Waals surface area contributed by atoms with Crippen molar-refractivity contribution in [2.45, 2.75) is 25.8 Å². The summed E-state index contributed by atoms with van der Waals surface area (Å²) in [5, 5.41) is 11.7. The van der Waals surface area contributed by atoms with Gasteiger partial charge in [0.25, 0.3) is 0 Å². The molecule has 2 N–H and O–H groups in total. The summed E-state index contributed by atoms with van der Waals surface area (Å²) < 4.78 is 0.977. The zero-order chi connectivity index (χ0) is 15.2. The SMILES string of the molecule is O=C(O)CC1CCN(C(=O)NCc2ccccc2Br)CC1. The number of hydrogen-bond acceptors (Lipinski definition) is 2. The van der Waals surface area contributed by atoms with E-state index in [0.717, 1.165) is 22.9 Å². The Morgan fingerprint density at radius 2 is 1.95 bits per heavy atom. The van der Waals surface area contributed by atoms with E-state index in [1.54, 1.807) is 4.90 Å². The van der Waals surface area contributed by atoms with Crippen LogP contribution in [-0.2, 0) is 11.3 Å². The number of rotatable bonds is 4. The monoisotopic (exact) mass is 354 g/mol. The minimum atomic E-state index is -0.758. The van der Waals surface area contributed by atoms with Crippen LogP contribution in [0, 0.1) is 5.92 Å². The minimum Gasteiger partial charge on any atom is -0.481 e. The van der Waals surface area contributed by atoms with Crippen LogP contribution in [-0.4, -0.2) is 35.1 Å². The lowest BCUT2D eigenvalue weighted by atomic mass is 9.94. The Hall–Kier alpha value is -1.56. The highest BCUT2D eigenvalue weighted by Gasteiger charge is 2.24. The molecule has 2 rings (SSSR count). The van der Waals surface area contributed by atoms with Crippen molar-refractivity contribution in [2.75, 3.05) is 13.1 Å². The number of benzene rings is 1. The average molecular weight is 355 g/mol. The number of carboxylic acid groups (broad SMARTS) is 1. The largest absolute Gasteiger partial charge is 0.481 e. The van der Waals surface area contributed by atoms with Crippen molar-refractivity contribution in [2.24, 2.45) is 5.92 Å². The molecule has 2 amide bonds. The van der Waals surface area contributed by atoms with Crippen LogP contribution in [0.5, 0.6) is 0 Å². The standard InChI is InChI=1S/C15H19BrN2O3/c16-13-4-2-1-3-12(13)10-17-15(21)18-7-5-11(6-8-18)9-14(19)20/h1-4,11H,5-10H2,(H,17,21)(H,19,20). The number of carboxylic acids is 1. The van der Waals surface area contributed by atoms with Crippen LogP contribution in [0.1, 0.15) is 24.8 Å². The number of aliphatic carboxylic acids is 1. The van der Waals surface area contributed by atoms with Crippen molar-refractivity contribution < 1.29 is 14.7 Å². The Balaban J connectivity index is 1.77. The third-order valence-corrected chi connectivity index (χ3v) is 4.53. The van der Waals surface area contributed by atoms with Gasteiger partial charge in [0, 0.05) is 30.5 Å². The molecular weight excluding hydrogens is 336 g/mol. The van der Waals surface area contributed by atoms with Crippen LogP contribution in [0.2, 0.25) is 0 Å². The van der Waals surface area contributed by atoms with Crippen LogP contribution < -0.4 is 5.32 Å². The summed E-state index contributed by atoms with van der Waals surface area (Å²) in [7, 11) is 0. The second kappa shape index (κ2) is 7.45. The molecule has 0 atom stereocenters. The molecule has 0 saturated carbocycles. The van der Waals surface area contributed by atoms with E-state index in [1.807, 2.05) is 24.3 Å². The Bertz CT molecular complexity index is 513. The predicted octanol–water partition coefficient (Wildman–Crippen LogP) is 2.85. The molecular formula is C15H19BrN2O3. The first-order valence-corrected chi connectivity index (χ1v) is 7.83. The van der Waals surface area contributed by atoms with Gasteiger partial charge in [-0.3, -0.25) is 4.79 Å². The lowest BCUT2D eigenvalue weighted by molar-refractivity contribution is -0.138. The molecule has 1 fully saturated rings. The predicted molar refractivity (Wildman–Crippen MR) is 82.9 cm³/mol. The molecule has 1 heterocycles. The number of carbonyl (C=O) groups is 2. The third kappa shape index (κ3) is 4.74. The summed E-state index contributed by atoms with van der Waals surface area (Å²) in [5.41, 5.74) is 1.03. The van der Waals surface area contributed by atoms with Crippen LogP contribution in [0.15, 0.2) is 28.7 Å². The fourth-order valence-corrected chi connectivity index (χ4v) is 2.94. The van der Waals surface area contributed by atoms with Crippen LogP contribution >= 0.6 is 15.9 Å². The quantitative estimate of drug-likeness (QED) is 0.873. The molecule has 0 spiro atoms. The molecule has 21 heavy (non-hydrogen) atoms. The van der Waals surface area contributed by atoms with Crippen molar-refractivity contribution >= 4 is 27.9 Å². The first-order chi connectivity index (χ1) is 10.1. The maximum absolute atomic E-state index is 12.1. The number of amides is 2. The topological polar surface area (TPSA) is 69.6 Å². The van der Waals surface area contributed by atoms with Crippen LogP contribution in [0.4, 0.5) is 4.79 Å². The Kier molecular flexibility index (Phi) is 5.61. The number of hydrogen-bond donors (Lipinski definition) is 2. The molecule has 0 unspecified atom stereocenters. The maximum atomic E-state index is 12.1. The molecule has 114 valence electrons. The van der Waals surface area contributed by atoms with Crippen molar-refractivity contribution in [3.05, 3.63) is 34.3 Å². The van der Waals surface area contributed by atoms with E-state index in [-0.39, 0.29) is 18.4 Å². The number of nitrogens with one attached hydrogen (secondary N) is 1. The second-order valence-electron chi connectivity index (χ2n) is 5.28. The molecule has 1 aromatic rings. The molecule has 0 aromatic heterocycles. The van der Waals surface area contributed by atoms with Gasteiger partial charge >= 0.3 is 12.0 Å². The highest BCUT2D eigenvalue weighted by Crippen LogP contribution is 2.20. The first kappa shape index (κ1) is 15.8. The lowest BCUT2D eigenvalue weighted by Gasteiger charge is -2.31. The second-order valence-corrected chi connectivity index (χ2v) is 6.13. The number of piperidine rings is 1. The maximum Gasteiger partial charge on any atom is 0.317 e. The minimum absolute atomic E-state index is 0.0838. The van der Waals surface area contributed by atoms with Gasteiger partial charge in [0.1, 0.15) is 0 Å². The van der Waals surface area contributed by atoms with Gasteiger partial charge in [-0.15, -0.1) is 0 Å². The van der Waals surface area contributed by atoms with Gasteiger partial charge in [-0.25, -0.2) is 4.79 Å². The van der Waals surface area contributed by atoms with Crippen molar-refractivity contribution in [3.63, 3.8) is 0 Å². The zero-order valence-electron chi connectivity index (χ0n) is 11.7. The Labute approximate surface area is 132 Å². The number of halogens is 1. The first-order valence-electron chi connectivity index (χ1n) is 7.04. The molecule has 0 radical (unpaired) electrons. The number of urea groups is 1. The van der Waals surface area contributed by atoms with Crippen LogP contribution in [0.25, 0.3) is 0 Å². The average Bonchev–Trinajstić information content (AvgIpc) is 2.46. The molecule has 0 bridgehead atoms. The zero-order valence-corrected chi connectivity index (χ0v) is 13.3. The summed E-state index contributed by atoms with van der Waals surface area (Å²) in [5.74, 6) is -0.568. The summed E-state index contributed by atoms with van der Waals surface area (Å²) in [6.07, 6.45) is 1.72. The van der Waals surface area contributed by atoms with Crippen LogP contribution in [0.3, 0.4) is 0 Å². The van der Waals surface area contributed by atoms with Gasteiger partial charge in [0.05, 0.1) is 0 Å². The number of nitrogens with zero attached hydrogens (tertiary/aromatic N) is 1. The van der Waals surface area contributed by atoms with Gasteiger partial charge in [0.15, 0.2) is 0 Å². The summed E-state index contributed by atoms with van der Waals surface area (Å²) >= 11 is 3.45. The smallest absolute Gasteiger partial charge is 0.317 e. The molecule has 1 aromatic carbocycles. The highest BCUT2D eigenvalue weighted by atomic mass is 79.9. The summed E-state index contributed by atoms with van der Waals surface area (Å²) in [6.45, 7) is 1.73.